The van der Waals surface area contributed by atoms with Crippen LogP contribution in [0.4, 0.5) is 0 Å². The minimum atomic E-state index is 0.721. The largest absolute Gasteiger partial charge is 0.356 e. The Balaban J connectivity index is 1.68. The molecule has 0 unspecified atom stereocenters. The molecule has 1 aliphatic rings. The van der Waals surface area contributed by atoms with Crippen molar-refractivity contribution in [3.8, 4) is 0 Å². The molecule has 0 radical (unpaired) electrons. The molecule has 122 valence electrons. The highest BCUT2D eigenvalue weighted by molar-refractivity contribution is 5.79. The van der Waals surface area contributed by atoms with Crippen LogP contribution >= 0.6 is 0 Å². The van der Waals surface area contributed by atoms with Gasteiger partial charge < -0.3 is 10.6 Å². The molecule has 1 aliphatic heterocycles. The van der Waals surface area contributed by atoms with Crippen LogP contribution in [0.1, 0.15) is 31.4 Å². The van der Waals surface area contributed by atoms with Gasteiger partial charge in [-0.05, 0) is 29.9 Å². The topological polar surface area (TPSA) is 39.7 Å². The van der Waals surface area contributed by atoms with Crippen LogP contribution in [0.3, 0.4) is 0 Å². The van der Waals surface area contributed by atoms with Gasteiger partial charge in [0, 0.05) is 39.8 Å². The van der Waals surface area contributed by atoms with Crippen molar-refractivity contribution in [2.75, 3.05) is 33.2 Å². The van der Waals surface area contributed by atoms with Crippen molar-refractivity contribution in [3.63, 3.8) is 0 Å². The van der Waals surface area contributed by atoms with Gasteiger partial charge in [0.1, 0.15) is 0 Å². The van der Waals surface area contributed by atoms with E-state index in [-0.39, 0.29) is 0 Å². The van der Waals surface area contributed by atoms with E-state index in [9.17, 15) is 0 Å². The molecular formula is C18H30N4. The van der Waals surface area contributed by atoms with Crippen molar-refractivity contribution in [3.05, 3.63) is 35.4 Å². The third-order valence-electron chi connectivity index (χ3n) is 4.17. The summed E-state index contributed by atoms with van der Waals surface area (Å²) < 4.78 is 0. The predicted octanol–water partition coefficient (Wildman–Crippen LogP) is 2.26. The Hall–Kier alpha value is -1.55. The molecule has 0 atom stereocenters. The summed E-state index contributed by atoms with van der Waals surface area (Å²) in [6.45, 7) is 9.67. The van der Waals surface area contributed by atoms with Gasteiger partial charge in [0.25, 0.3) is 0 Å². The van der Waals surface area contributed by atoms with Crippen LogP contribution in [0.25, 0.3) is 0 Å². The maximum atomic E-state index is 4.28. The van der Waals surface area contributed by atoms with E-state index in [1.165, 1.54) is 17.5 Å². The molecule has 0 spiro atoms. The lowest BCUT2D eigenvalue weighted by Gasteiger charge is -2.28. The van der Waals surface area contributed by atoms with E-state index >= 15 is 0 Å². The van der Waals surface area contributed by atoms with Crippen molar-refractivity contribution in [1.82, 2.24) is 15.5 Å². The number of hydrogen-bond donors (Lipinski definition) is 2. The molecule has 0 aliphatic carbocycles. The summed E-state index contributed by atoms with van der Waals surface area (Å²) >= 11 is 0. The summed E-state index contributed by atoms with van der Waals surface area (Å²) in [6, 6.07) is 8.79. The molecule has 2 N–H and O–H groups in total. The third-order valence-corrected chi connectivity index (χ3v) is 4.17. The zero-order chi connectivity index (χ0) is 15.8. The van der Waals surface area contributed by atoms with E-state index in [1.54, 1.807) is 0 Å². The fourth-order valence-corrected chi connectivity index (χ4v) is 2.78. The minimum absolute atomic E-state index is 0.721. The Morgan fingerprint density at radius 1 is 1.18 bits per heavy atom. The second kappa shape index (κ2) is 8.79. The molecule has 22 heavy (non-hydrogen) atoms. The maximum absolute atomic E-state index is 4.28. The zero-order valence-corrected chi connectivity index (χ0v) is 14.2. The van der Waals surface area contributed by atoms with E-state index in [1.807, 2.05) is 7.05 Å². The molecule has 0 amide bonds. The Morgan fingerprint density at radius 2 is 1.91 bits per heavy atom. The quantitative estimate of drug-likeness (QED) is 0.625. The fourth-order valence-electron chi connectivity index (χ4n) is 2.78. The van der Waals surface area contributed by atoms with Crippen LogP contribution in [0.5, 0.6) is 0 Å². The first-order valence-corrected chi connectivity index (χ1v) is 8.42. The van der Waals surface area contributed by atoms with Crippen molar-refractivity contribution in [1.29, 1.82) is 0 Å². The smallest absolute Gasteiger partial charge is 0.191 e. The molecule has 1 aromatic rings. The van der Waals surface area contributed by atoms with Crippen LogP contribution in [-0.4, -0.2) is 44.1 Å². The molecule has 1 aromatic carbocycles. The van der Waals surface area contributed by atoms with E-state index < -0.39 is 0 Å². The average Bonchev–Trinajstić information content (AvgIpc) is 2.53. The van der Waals surface area contributed by atoms with Gasteiger partial charge in [-0.1, -0.05) is 38.1 Å². The number of nitrogens with one attached hydrogen (secondary N) is 2. The van der Waals surface area contributed by atoms with E-state index in [0.29, 0.717) is 0 Å². The highest BCUT2D eigenvalue weighted by atomic mass is 15.2. The summed E-state index contributed by atoms with van der Waals surface area (Å²) in [4.78, 5) is 6.79. The second-order valence-electron chi connectivity index (χ2n) is 6.40. The molecule has 0 aromatic heterocycles. The van der Waals surface area contributed by atoms with Crippen molar-refractivity contribution >= 4 is 5.96 Å². The van der Waals surface area contributed by atoms with E-state index in [0.717, 1.165) is 51.0 Å². The third kappa shape index (κ3) is 5.34. The normalized spacial score (nSPS) is 15.7. The first-order valence-electron chi connectivity index (χ1n) is 8.42. The number of guanidine groups is 1. The van der Waals surface area contributed by atoms with Gasteiger partial charge in [-0.2, -0.15) is 0 Å². The standard InChI is InChI=1S/C18H30N4/c1-15(2)8-10-20-18(19-3)21-11-13-22-12-9-16-6-4-5-7-17(16)14-22/h4-7,15H,8-14H2,1-3H3,(H2,19,20,21). The Kier molecular flexibility index (Phi) is 6.72. The second-order valence-corrected chi connectivity index (χ2v) is 6.40. The molecule has 0 saturated carbocycles. The van der Waals surface area contributed by atoms with Gasteiger partial charge in [-0.25, -0.2) is 0 Å². The molecule has 0 saturated heterocycles. The predicted molar refractivity (Wildman–Crippen MR) is 94.2 cm³/mol. The van der Waals surface area contributed by atoms with Crippen molar-refractivity contribution < 1.29 is 0 Å². The number of nitrogens with zero attached hydrogens (tertiary/aromatic N) is 2. The Bertz CT molecular complexity index is 482. The summed E-state index contributed by atoms with van der Waals surface area (Å²) in [5.74, 6) is 1.64. The first kappa shape index (κ1) is 16.8. The van der Waals surface area contributed by atoms with Gasteiger partial charge in [0.2, 0.25) is 0 Å². The van der Waals surface area contributed by atoms with Gasteiger partial charge in [0.05, 0.1) is 0 Å². The molecule has 1 heterocycles. The SMILES string of the molecule is CN=C(NCCC(C)C)NCCN1CCc2ccccc2C1. The Labute approximate surface area is 135 Å². The summed E-state index contributed by atoms with van der Waals surface area (Å²) in [5.41, 5.74) is 2.99. The average molecular weight is 302 g/mol. The van der Waals surface area contributed by atoms with E-state index in [2.05, 4.69) is 58.6 Å². The number of hydrogen-bond acceptors (Lipinski definition) is 2. The van der Waals surface area contributed by atoms with Crippen molar-refractivity contribution in [2.45, 2.75) is 33.2 Å². The van der Waals surface area contributed by atoms with Crippen LogP contribution in [0.15, 0.2) is 29.3 Å². The van der Waals surface area contributed by atoms with Crippen molar-refractivity contribution in [2.24, 2.45) is 10.9 Å². The number of fused-ring (bicyclic) bond motifs is 1. The summed E-state index contributed by atoms with van der Waals surface area (Å²) in [6.07, 6.45) is 2.33. The fraction of sp³-hybridized carbons (Fsp3) is 0.611. The number of benzene rings is 1. The Morgan fingerprint density at radius 3 is 2.64 bits per heavy atom. The first-order chi connectivity index (χ1) is 10.7. The van der Waals surface area contributed by atoms with E-state index in [4.69, 9.17) is 0 Å². The minimum Gasteiger partial charge on any atom is -0.356 e. The summed E-state index contributed by atoms with van der Waals surface area (Å²) in [5, 5.41) is 6.79. The lowest BCUT2D eigenvalue weighted by molar-refractivity contribution is 0.258. The maximum Gasteiger partial charge on any atom is 0.191 e. The highest BCUT2D eigenvalue weighted by Crippen LogP contribution is 2.17. The van der Waals surface area contributed by atoms with Gasteiger partial charge in [-0.15, -0.1) is 0 Å². The van der Waals surface area contributed by atoms with Crippen LogP contribution in [0, 0.1) is 5.92 Å². The summed E-state index contributed by atoms with van der Waals surface area (Å²) in [7, 11) is 1.84. The van der Waals surface area contributed by atoms with Gasteiger partial charge >= 0.3 is 0 Å². The van der Waals surface area contributed by atoms with Gasteiger partial charge in [0.15, 0.2) is 5.96 Å². The molecule has 4 heteroatoms. The van der Waals surface area contributed by atoms with Crippen LogP contribution < -0.4 is 10.6 Å². The molecule has 4 nitrogen and oxygen atoms in total. The molecule has 0 fully saturated rings. The van der Waals surface area contributed by atoms with Gasteiger partial charge in [-0.3, -0.25) is 9.89 Å². The molecule has 0 bridgehead atoms. The number of aliphatic imine (C=N–C) groups is 1. The number of rotatable bonds is 6. The van der Waals surface area contributed by atoms with Crippen LogP contribution in [0.2, 0.25) is 0 Å². The highest BCUT2D eigenvalue weighted by Gasteiger charge is 2.14. The van der Waals surface area contributed by atoms with Crippen LogP contribution in [-0.2, 0) is 13.0 Å². The lowest BCUT2D eigenvalue weighted by Crippen LogP contribution is -2.43. The molecule has 2 rings (SSSR count). The zero-order valence-electron chi connectivity index (χ0n) is 14.2. The lowest BCUT2D eigenvalue weighted by atomic mass is 10.00. The molecular weight excluding hydrogens is 272 g/mol. The monoisotopic (exact) mass is 302 g/mol.